The maximum Gasteiger partial charge on any atom is 0.350 e. The van der Waals surface area contributed by atoms with Crippen LogP contribution in [0.1, 0.15) is 12.0 Å². The van der Waals surface area contributed by atoms with E-state index in [0.29, 0.717) is 16.4 Å². The standard InChI is InChI=1S/C18H16ClN5O2/c1-13-11-14(6-7-15(13)19)22(10-4-8-20)17(25)12-24-18(26)23-9-3-2-5-16(23)21-24/h2-3,5-7,9,11H,4,10,12H2,1H3. The number of hydrogen-bond acceptors (Lipinski definition) is 4. The molecule has 2 aromatic heterocycles. The van der Waals surface area contributed by atoms with Crippen molar-refractivity contribution in [1.29, 1.82) is 5.26 Å². The number of pyridine rings is 1. The van der Waals surface area contributed by atoms with E-state index in [4.69, 9.17) is 16.9 Å². The molecule has 0 unspecified atom stereocenters. The van der Waals surface area contributed by atoms with Gasteiger partial charge in [0.1, 0.15) is 6.54 Å². The van der Waals surface area contributed by atoms with Crippen LogP contribution in [0, 0.1) is 18.3 Å². The second kappa shape index (κ2) is 7.42. The van der Waals surface area contributed by atoms with Crippen LogP contribution in [-0.4, -0.2) is 26.6 Å². The summed E-state index contributed by atoms with van der Waals surface area (Å²) in [6.07, 6.45) is 1.77. The van der Waals surface area contributed by atoms with Gasteiger partial charge in [0.15, 0.2) is 5.65 Å². The fraction of sp³-hybridized carbons (Fsp3) is 0.222. The predicted molar refractivity (Wildman–Crippen MR) is 98.2 cm³/mol. The maximum atomic E-state index is 12.8. The first-order valence-electron chi connectivity index (χ1n) is 7.99. The quantitative estimate of drug-likeness (QED) is 0.691. The monoisotopic (exact) mass is 369 g/mol. The van der Waals surface area contributed by atoms with Crippen molar-refractivity contribution in [2.45, 2.75) is 19.9 Å². The van der Waals surface area contributed by atoms with Gasteiger partial charge in [-0.3, -0.25) is 9.20 Å². The van der Waals surface area contributed by atoms with Crippen molar-refractivity contribution in [3.63, 3.8) is 0 Å². The summed E-state index contributed by atoms with van der Waals surface area (Å²) in [5.74, 6) is -0.326. The molecule has 3 aromatic rings. The molecule has 26 heavy (non-hydrogen) atoms. The summed E-state index contributed by atoms with van der Waals surface area (Å²) in [6, 6.07) is 12.4. The van der Waals surface area contributed by atoms with Crippen molar-refractivity contribution in [3.05, 3.63) is 63.7 Å². The molecule has 0 aliphatic rings. The molecule has 2 heterocycles. The summed E-state index contributed by atoms with van der Waals surface area (Å²) in [6.45, 7) is 1.84. The van der Waals surface area contributed by atoms with Crippen LogP contribution >= 0.6 is 11.6 Å². The van der Waals surface area contributed by atoms with E-state index < -0.39 is 0 Å². The lowest BCUT2D eigenvalue weighted by atomic mass is 10.2. The number of aromatic nitrogens is 3. The van der Waals surface area contributed by atoms with E-state index in [0.717, 1.165) is 10.2 Å². The zero-order chi connectivity index (χ0) is 18.7. The van der Waals surface area contributed by atoms with Crippen LogP contribution in [0.25, 0.3) is 5.65 Å². The van der Waals surface area contributed by atoms with Crippen LogP contribution in [-0.2, 0) is 11.3 Å². The first-order chi connectivity index (χ1) is 12.5. The molecule has 0 aliphatic carbocycles. The van der Waals surface area contributed by atoms with Crippen LogP contribution < -0.4 is 10.6 Å². The van der Waals surface area contributed by atoms with Crippen molar-refractivity contribution >= 4 is 28.8 Å². The molecule has 0 atom stereocenters. The normalized spacial score (nSPS) is 10.7. The lowest BCUT2D eigenvalue weighted by molar-refractivity contribution is -0.119. The van der Waals surface area contributed by atoms with Crippen molar-refractivity contribution in [2.75, 3.05) is 11.4 Å². The van der Waals surface area contributed by atoms with Gasteiger partial charge in [-0.25, -0.2) is 9.48 Å². The van der Waals surface area contributed by atoms with E-state index in [2.05, 4.69) is 5.10 Å². The van der Waals surface area contributed by atoms with Crippen molar-refractivity contribution < 1.29 is 4.79 Å². The summed E-state index contributed by atoms with van der Waals surface area (Å²) in [5.41, 5.74) is 1.53. The second-order valence-corrected chi connectivity index (χ2v) is 6.16. The van der Waals surface area contributed by atoms with Gasteiger partial charge in [-0.15, -0.1) is 5.10 Å². The molecule has 0 bridgehead atoms. The van der Waals surface area contributed by atoms with E-state index in [1.54, 1.807) is 42.6 Å². The third-order valence-electron chi connectivity index (χ3n) is 3.97. The number of fused-ring (bicyclic) bond motifs is 1. The third kappa shape index (κ3) is 3.46. The topological polar surface area (TPSA) is 83.4 Å². The largest absolute Gasteiger partial charge is 0.350 e. The minimum absolute atomic E-state index is 0.174. The molecule has 0 saturated carbocycles. The van der Waals surface area contributed by atoms with Crippen LogP contribution in [0.3, 0.4) is 0 Å². The number of benzene rings is 1. The number of nitrogens with zero attached hydrogens (tertiary/aromatic N) is 5. The highest BCUT2D eigenvalue weighted by molar-refractivity contribution is 6.31. The fourth-order valence-electron chi connectivity index (χ4n) is 2.64. The Morgan fingerprint density at radius 1 is 1.35 bits per heavy atom. The molecule has 7 nitrogen and oxygen atoms in total. The molecule has 8 heteroatoms. The number of anilines is 1. The number of hydrogen-bond donors (Lipinski definition) is 0. The number of carbonyl (C=O) groups is 1. The van der Waals surface area contributed by atoms with Gasteiger partial charge in [0.2, 0.25) is 5.91 Å². The highest BCUT2D eigenvalue weighted by atomic mass is 35.5. The Labute approximate surface area is 154 Å². The Balaban J connectivity index is 1.91. The van der Waals surface area contributed by atoms with Crippen LogP contribution in [0.2, 0.25) is 5.02 Å². The highest BCUT2D eigenvalue weighted by Crippen LogP contribution is 2.23. The van der Waals surface area contributed by atoms with Gasteiger partial charge in [0, 0.05) is 23.5 Å². The summed E-state index contributed by atoms with van der Waals surface area (Å²) in [5, 5.41) is 13.7. The molecule has 0 fully saturated rings. The Hall–Kier alpha value is -3.11. The first-order valence-corrected chi connectivity index (χ1v) is 8.36. The Morgan fingerprint density at radius 2 is 2.15 bits per heavy atom. The van der Waals surface area contributed by atoms with Gasteiger partial charge < -0.3 is 4.90 Å². The van der Waals surface area contributed by atoms with Gasteiger partial charge in [-0.2, -0.15) is 5.26 Å². The first kappa shape index (κ1) is 17.7. The average molecular weight is 370 g/mol. The zero-order valence-corrected chi connectivity index (χ0v) is 14.8. The maximum absolute atomic E-state index is 12.8. The van der Waals surface area contributed by atoms with Gasteiger partial charge in [-0.1, -0.05) is 17.7 Å². The fourth-order valence-corrected chi connectivity index (χ4v) is 2.76. The molecule has 0 radical (unpaired) electrons. The number of amides is 1. The highest BCUT2D eigenvalue weighted by Gasteiger charge is 2.19. The van der Waals surface area contributed by atoms with E-state index in [-0.39, 0.29) is 31.1 Å². The molecule has 132 valence electrons. The molecule has 0 saturated heterocycles. The van der Waals surface area contributed by atoms with Gasteiger partial charge in [-0.05, 0) is 42.8 Å². The van der Waals surface area contributed by atoms with E-state index >= 15 is 0 Å². The van der Waals surface area contributed by atoms with E-state index in [1.165, 1.54) is 9.30 Å². The van der Waals surface area contributed by atoms with Crippen molar-refractivity contribution in [2.24, 2.45) is 0 Å². The minimum atomic E-state index is -0.388. The molecular formula is C18H16ClN5O2. The van der Waals surface area contributed by atoms with Crippen molar-refractivity contribution in [3.8, 4) is 6.07 Å². The van der Waals surface area contributed by atoms with E-state index in [9.17, 15) is 9.59 Å². The third-order valence-corrected chi connectivity index (χ3v) is 4.40. The number of halogens is 1. The Kier molecular flexibility index (Phi) is 5.05. The smallest absolute Gasteiger partial charge is 0.310 e. The zero-order valence-electron chi connectivity index (χ0n) is 14.1. The summed E-state index contributed by atoms with van der Waals surface area (Å²) >= 11 is 6.05. The lowest BCUT2D eigenvalue weighted by Crippen LogP contribution is -2.37. The van der Waals surface area contributed by atoms with Gasteiger partial charge >= 0.3 is 5.69 Å². The minimum Gasteiger partial charge on any atom is -0.310 e. The second-order valence-electron chi connectivity index (χ2n) is 5.76. The molecular weight excluding hydrogens is 354 g/mol. The number of aryl methyl sites for hydroxylation is 1. The lowest BCUT2D eigenvalue weighted by Gasteiger charge is -2.22. The van der Waals surface area contributed by atoms with Crippen molar-refractivity contribution in [1.82, 2.24) is 14.2 Å². The molecule has 3 rings (SSSR count). The predicted octanol–water partition coefficient (Wildman–Crippen LogP) is 2.40. The van der Waals surface area contributed by atoms with Crippen LogP contribution in [0.15, 0.2) is 47.4 Å². The Morgan fingerprint density at radius 3 is 2.85 bits per heavy atom. The number of nitriles is 1. The van der Waals surface area contributed by atoms with Gasteiger partial charge in [0.05, 0.1) is 12.5 Å². The van der Waals surface area contributed by atoms with E-state index in [1.807, 2.05) is 13.0 Å². The summed E-state index contributed by atoms with van der Waals surface area (Å²) in [4.78, 5) is 26.7. The molecule has 0 spiro atoms. The molecule has 1 amide bonds. The molecule has 0 N–H and O–H groups in total. The summed E-state index contributed by atoms with van der Waals surface area (Å²) in [7, 11) is 0. The Bertz CT molecular complexity index is 1060. The molecule has 1 aromatic carbocycles. The SMILES string of the molecule is Cc1cc(N(CCC#N)C(=O)Cn2nc3ccccn3c2=O)ccc1Cl. The average Bonchev–Trinajstić information content (AvgIpc) is 2.94. The van der Waals surface area contributed by atoms with Crippen LogP contribution in [0.4, 0.5) is 5.69 Å². The number of carbonyl (C=O) groups excluding carboxylic acids is 1. The van der Waals surface area contributed by atoms with Gasteiger partial charge in [0.25, 0.3) is 0 Å². The van der Waals surface area contributed by atoms with Crippen LogP contribution in [0.5, 0.6) is 0 Å². The molecule has 0 aliphatic heterocycles. The summed E-state index contributed by atoms with van der Waals surface area (Å²) < 4.78 is 2.50. The number of rotatable bonds is 5.